The van der Waals surface area contributed by atoms with Gasteiger partial charge < -0.3 is 9.47 Å². The Labute approximate surface area is 222 Å². The number of benzene rings is 3. The van der Waals surface area contributed by atoms with Crippen LogP contribution in [0.1, 0.15) is 24.8 Å². The van der Waals surface area contributed by atoms with Gasteiger partial charge in [0.2, 0.25) is 5.91 Å². The zero-order valence-electron chi connectivity index (χ0n) is 21.1. The van der Waals surface area contributed by atoms with Crippen molar-refractivity contribution >= 4 is 27.8 Å². The van der Waals surface area contributed by atoms with E-state index in [4.69, 9.17) is 4.98 Å². The van der Waals surface area contributed by atoms with Crippen LogP contribution >= 0.6 is 0 Å². The molecular weight excluding hydrogens is 503 g/mol. The molecule has 1 saturated heterocycles. The van der Waals surface area contributed by atoms with Crippen LogP contribution in [0, 0.1) is 11.8 Å². The molecule has 39 heavy (non-hydrogen) atoms. The maximum atomic E-state index is 13.5. The molecule has 198 valence electrons. The number of alkyl halides is 3. The van der Waals surface area contributed by atoms with Crippen molar-refractivity contribution in [2.24, 2.45) is 11.8 Å². The number of halogens is 3. The topological polar surface area (TPSA) is 66.8 Å². The van der Waals surface area contributed by atoms with Crippen molar-refractivity contribution in [3.8, 4) is 22.5 Å². The third-order valence-corrected chi connectivity index (χ3v) is 7.96. The molecule has 7 rings (SSSR count). The molecule has 3 heterocycles. The number of fused-ring (bicyclic) bond motifs is 2. The zero-order chi connectivity index (χ0) is 26.7. The molecule has 0 radical (unpaired) electrons. The molecule has 3 aromatic carbocycles. The Morgan fingerprint density at radius 2 is 1.72 bits per heavy atom. The molecule has 0 bridgehead atoms. The number of rotatable bonds is 5. The molecule has 5 aromatic rings. The lowest BCUT2D eigenvalue weighted by atomic mass is 10.0. The molecule has 2 aliphatic rings. The van der Waals surface area contributed by atoms with Gasteiger partial charge in [-0.3, -0.25) is 9.89 Å². The van der Waals surface area contributed by atoms with Gasteiger partial charge in [-0.15, -0.1) is 0 Å². The fourth-order valence-electron chi connectivity index (χ4n) is 5.67. The predicted octanol–water partition coefficient (Wildman–Crippen LogP) is 6.52. The molecule has 1 saturated carbocycles. The molecule has 1 aliphatic heterocycles. The quantitative estimate of drug-likeness (QED) is 0.282. The second-order valence-corrected chi connectivity index (χ2v) is 10.7. The van der Waals surface area contributed by atoms with E-state index in [1.54, 1.807) is 6.20 Å². The van der Waals surface area contributed by atoms with Crippen LogP contribution in [0.2, 0.25) is 0 Å². The van der Waals surface area contributed by atoms with Gasteiger partial charge in [-0.1, -0.05) is 36.4 Å². The molecular formula is C30H26F3N5O. The number of carbonyl (C=O) groups is 1. The summed E-state index contributed by atoms with van der Waals surface area (Å²) in [6.45, 7) is 1.99. The lowest BCUT2D eigenvalue weighted by Crippen LogP contribution is -2.30. The minimum absolute atomic E-state index is 0.182. The minimum Gasteiger partial charge on any atom is -0.342 e. The van der Waals surface area contributed by atoms with Gasteiger partial charge in [-0.05, 0) is 60.6 Å². The van der Waals surface area contributed by atoms with E-state index in [1.165, 1.54) is 6.07 Å². The van der Waals surface area contributed by atoms with Crippen molar-refractivity contribution in [3.63, 3.8) is 0 Å². The molecule has 6 nitrogen and oxygen atoms in total. The lowest BCUT2D eigenvalue weighted by Gasteiger charge is -2.18. The molecule has 2 fully saturated rings. The van der Waals surface area contributed by atoms with E-state index in [-0.39, 0.29) is 17.7 Å². The summed E-state index contributed by atoms with van der Waals surface area (Å²) in [5.41, 5.74) is 4.10. The summed E-state index contributed by atoms with van der Waals surface area (Å²) < 4.78 is 42.4. The van der Waals surface area contributed by atoms with E-state index in [2.05, 4.69) is 10.2 Å². The van der Waals surface area contributed by atoms with Crippen LogP contribution in [0.15, 0.2) is 66.9 Å². The van der Waals surface area contributed by atoms with Crippen LogP contribution in [0.5, 0.6) is 0 Å². The number of imidazole rings is 1. The highest BCUT2D eigenvalue weighted by atomic mass is 19.4. The van der Waals surface area contributed by atoms with Crippen molar-refractivity contribution < 1.29 is 18.0 Å². The summed E-state index contributed by atoms with van der Waals surface area (Å²) in [4.78, 5) is 19.2. The average Bonchev–Trinajstić information content (AvgIpc) is 3.33. The Kier molecular flexibility index (Phi) is 5.50. The summed E-state index contributed by atoms with van der Waals surface area (Å²) >= 11 is 0. The van der Waals surface area contributed by atoms with Crippen molar-refractivity contribution in [3.05, 3.63) is 72.4 Å². The summed E-state index contributed by atoms with van der Waals surface area (Å²) in [6, 6.07) is 17.8. The van der Waals surface area contributed by atoms with Gasteiger partial charge in [0.1, 0.15) is 5.82 Å². The predicted molar refractivity (Wildman–Crippen MR) is 143 cm³/mol. The maximum absolute atomic E-state index is 13.5. The monoisotopic (exact) mass is 529 g/mol. The number of nitrogens with one attached hydrogen (secondary N) is 1. The third-order valence-electron chi connectivity index (χ3n) is 7.96. The number of nitrogens with zero attached hydrogens (tertiary/aromatic N) is 4. The van der Waals surface area contributed by atoms with Crippen LogP contribution in [-0.4, -0.2) is 43.6 Å². The molecule has 1 amide bonds. The number of aromatic nitrogens is 4. The largest absolute Gasteiger partial charge is 0.416 e. The number of hydrogen-bond donors (Lipinski definition) is 1. The SMILES string of the molecule is O=C(C1CC1)N1CCC(Cn2c(-c3ccc(-c4ccc5cn[nH]c5c4)cc3)nc3cc(C(F)(F)F)ccc32)C1. The van der Waals surface area contributed by atoms with Crippen LogP contribution in [0.4, 0.5) is 13.2 Å². The zero-order valence-corrected chi connectivity index (χ0v) is 21.1. The minimum atomic E-state index is -4.44. The van der Waals surface area contributed by atoms with Crippen LogP contribution < -0.4 is 0 Å². The number of aromatic amines is 1. The van der Waals surface area contributed by atoms with Gasteiger partial charge >= 0.3 is 6.18 Å². The van der Waals surface area contributed by atoms with Crippen molar-refractivity contribution in [1.29, 1.82) is 0 Å². The molecule has 1 N–H and O–H groups in total. The van der Waals surface area contributed by atoms with Crippen LogP contribution in [-0.2, 0) is 17.5 Å². The van der Waals surface area contributed by atoms with Gasteiger partial charge in [-0.25, -0.2) is 4.98 Å². The highest BCUT2D eigenvalue weighted by molar-refractivity contribution is 5.85. The van der Waals surface area contributed by atoms with E-state index < -0.39 is 11.7 Å². The normalized spacial score (nSPS) is 17.9. The van der Waals surface area contributed by atoms with Gasteiger partial charge in [0, 0.05) is 36.5 Å². The smallest absolute Gasteiger partial charge is 0.342 e. The van der Waals surface area contributed by atoms with Gasteiger partial charge in [0.15, 0.2) is 0 Å². The van der Waals surface area contributed by atoms with Gasteiger partial charge in [0.05, 0.1) is 28.3 Å². The summed E-state index contributed by atoms with van der Waals surface area (Å²) in [7, 11) is 0. The Balaban J connectivity index is 1.24. The second kappa shape index (κ2) is 8.97. The van der Waals surface area contributed by atoms with Gasteiger partial charge in [-0.2, -0.15) is 18.3 Å². The fourth-order valence-corrected chi connectivity index (χ4v) is 5.67. The summed E-state index contributed by atoms with van der Waals surface area (Å²) in [5, 5.41) is 8.11. The number of amides is 1. The summed E-state index contributed by atoms with van der Waals surface area (Å²) in [6.07, 6.45) is 0.160. The van der Waals surface area contributed by atoms with E-state index in [0.717, 1.165) is 65.5 Å². The highest BCUT2D eigenvalue weighted by Crippen LogP contribution is 2.36. The Bertz CT molecular complexity index is 1700. The first-order valence-corrected chi connectivity index (χ1v) is 13.2. The number of likely N-dealkylation sites (tertiary alicyclic amines) is 1. The number of carbonyl (C=O) groups excluding carboxylic acids is 1. The lowest BCUT2D eigenvalue weighted by molar-refractivity contribution is -0.137. The first-order chi connectivity index (χ1) is 18.8. The van der Waals surface area contributed by atoms with Crippen molar-refractivity contribution in [2.75, 3.05) is 13.1 Å². The Morgan fingerprint density at radius 3 is 2.49 bits per heavy atom. The molecule has 2 aromatic heterocycles. The summed E-state index contributed by atoms with van der Waals surface area (Å²) in [5.74, 6) is 1.27. The first-order valence-electron chi connectivity index (χ1n) is 13.2. The van der Waals surface area contributed by atoms with E-state index in [0.29, 0.717) is 29.9 Å². The van der Waals surface area contributed by atoms with Gasteiger partial charge in [0.25, 0.3) is 0 Å². The van der Waals surface area contributed by atoms with E-state index in [1.807, 2.05) is 51.9 Å². The van der Waals surface area contributed by atoms with E-state index >= 15 is 0 Å². The molecule has 1 aliphatic carbocycles. The van der Waals surface area contributed by atoms with Crippen molar-refractivity contribution in [2.45, 2.75) is 32.0 Å². The first kappa shape index (κ1) is 23.9. The molecule has 1 unspecified atom stereocenters. The third kappa shape index (κ3) is 4.45. The number of H-pyrrole nitrogens is 1. The number of hydrogen-bond acceptors (Lipinski definition) is 3. The molecule has 9 heteroatoms. The molecule has 0 spiro atoms. The fraction of sp³-hybridized carbons (Fsp3) is 0.300. The standard InChI is InChI=1S/C30H26F3N5O/c31-30(32,33)24-9-10-27-26(14-24)35-28(38(27)17-18-11-12-37(16-18)29(39)21-5-6-21)20-3-1-19(2-4-20)22-7-8-23-15-34-36-25(23)13-22/h1-4,7-10,13-15,18,21H,5-6,11-12,16-17H2,(H,34,36). The maximum Gasteiger partial charge on any atom is 0.416 e. The van der Waals surface area contributed by atoms with E-state index in [9.17, 15) is 18.0 Å². The van der Waals surface area contributed by atoms with Crippen molar-refractivity contribution in [1.82, 2.24) is 24.6 Å². The molecule has 1 atom stereocenters. The Hall–Kier alpha value is -4.14. The highest BCUT2D eigenvalue weighted by Gasteiger charge is 2.37. The van der Waals surface area contributed by atoms with Crippen LogP contribution in [0.3, 0.4) is 0 Å². The van der Waals surface area contributed by atoms with Crippen LogP contribution in [0.25, 0.3) is 44.5 Å². The average molecular weight is 530 g/mol. The second-order valence-electron chi connectivity index (χ2n) is 10.7. The Morgan fingerprint density at radius 1 is 0.949 bits per heavy atom.